The molecule has 2 unspecified atom stereocenters. The summed E-state index contributed by atoms with van der Waals surface area (Å²) in [5.74, 6) is 0.819. The molecular formula is C21H21ClN7. The second-order valence-corrected chi connectivity index (χ2v) is 8.62. The van der Waals surface area contributed by atoms with Crippen molar-refractivity contribution in [3.05, 3.63) is 35.7 Å². The van der Waals surface area contributed by atoms with Gasteiger partial charge in [-0.1, -0.05) is 17.7 Å². The average Bonchev–Trinajstić information content (AvgIpc) is 3.36. The van der Waals surface area contributed by atoms with Crippen LogP contribution >= 0.6 is 11.6 Å². The number of halogens is 1. The number of rotatable bonds is 2. The molecule has 3 N–H and O–H groups in total. The van der Waals surface area contributed by atoms with Crippen molar-refractivity contribution in [1.29, 1.82) is 0 Å². The Bertz CT molecular complexity index is 1230. The zero-order valence-electron chi connectivity index (χ0n) is 16.1. The Morgan fingerprint density at radius 3 is 2.79 bits per heavy atom. The Morgan fingerprint density at radius 1 is 1.21 bits per heavy atom. The van der Waals surface area contributed by atoms with Gasteiger partial charge in [-0.05, 0) is 31.7 Å². The predicted molar refractivity (Wildman–Crippen MR) is 114 cm³/mol. The van der Waals surface area contributed by atoms with Gasteiger partial charge in [0.2, 0.25) is 0 Å². The fourth-order valence-electron chi connectivity index (χ4n) is 5.11. The van der Waals surface area contributed by atoms with Crippen LogP contribution in [0, 0.1) is 6.20 Å². The molecule has 2 bridgehead atoms. The van der Waals surface area contributed by atoms with Crippen LogP contribution in [0.3, 0.4) is 0 Å². The molecule has 5 heterocycles. The molecular weight excluding hydrogens is 386 g/mol. The van der Waals surface area contributed by atoms with E-state index in [9.17, 15) is 0 Å². The molecule has 1 aromatic carbocycles. The molecule has 1 radical (unpaired) electrons. The zero-order chi connectivity index (χ0) is 19.7. The summed E-state index contributed by atoms with van der Waals surface area (Å²) in [7, 11) is 1.89. The number of aromatic nitrogens is 5. The number of H-pyrrole nitrogens is 1. The quantitative estimate of drug-likeness (QED) is 0.532. The first-order valence-electron chi connectivity index (χ1n) is 10.0. The highest BCUT2D eigenvalue weighted by atomic mass is 35.5. The number of aromatic amines is 1. The fourth-order valence-corrected chi connectivity index (χ4v) is 5.42. The second kappa shape index (κ2) is 6.18. The van der Waals surface area contributed by atoms with Gasteiger partial charge >= 0.3 is 0 Å². The van der Waals surface area contributed by atoms with Gasteiger partial charge in [0.25, 0.3) is 0 Å². The van der Waals surface area contributed by atoms with Crippen molar-refractivity contribution in [2.24, 2.45) is 12.8 Å². The first-order chi connectivity index (χ1) is 14.1. The molecule has 2 fully saturated rings. The molecule has 2 aliphatic heterocycles. The average molecular weight is 407 g/mol. The van der Waals surface area contributed by atoms with Crippen LogP contribution in [0.15, 0.2) is 24.5 Å². The summed E-state index contributed by atoms with van der Waals surface area (Å²) < 4.78 is 1.77. The molecule has 8 heteroatoms. The molecule has 6 rings (SSSR count). The topological polar surface area (TPSA) is 88.7 Å². The molecule has 7 nitrogen and oxygen atoms in total. The predicted octanol–water partition coefficient (Wildman–Crippen LogP) is 3.42. The van der Waals surface area contributed by atoms with Gasteiger partial charge in [0, 0.05) is 54.1 Å². The number of nitrogens with zero attached hydrogens (tertiary/aromatic N) is 5. The minimum absolute atomic E-state index is 0.294. The van der Waals surface area contributed by atoms with Crippen LogP contribution in [0.1, 0.15) is 25.7 Å². The molecule has 147 valence electrons. The van der Waals surface area contributed by atoms with Gasteiger partial charge in [-0.3, -0.25) is 4.68 Å². The highest BCUT2D eigenvalue weighted by Crippen LogP contribution is 2.40. The maximum atomic E-state index is 6.71. The number of aryl methyl sites for hydroxylation is 1. The Morgan fingerprint density at radius 2 is 2.00 bits per heavy atom. The van der Waals surface area contributed by atoms with Crippen molar-refractivity contribution in [2.75, 3.05) is 4.90 Å². The Hall–Kier alpha value is -2.64. The molecule has 2 saturated heterocycles. The maximum absolute atomic E-state index is 6.71. The zero-order valence-corrected chi connectivity index (χ0v) is 16.8. The number of hydrogen-bond donors (Lipinski definition) is 2. The molecule has 0 aliphatic carbocycles. The number of benzene rings is 1. The van der Waals surface area contributed by atoms with Gasteiger partial charge in [0.05, 0.1) is 10.5 Å². The van der Waals surface area contributed by atoms with Crippen LogP contribution in [0.5, 0.6) is 0 Å². The molecule has 2 atom stereocenters. The first-order valence-corrected chi connectivity index (χ1v) is 10.4. The number of anilines is 1. The minimum Gasteiger partial charge on any atom is -0.349 e. The molecule has 0 amide bonds. The van der Waals surface area contributed by atoms with Crippen molar-refractivity contribution >= 4 is 39.5 Å². The summed E-state index contributed by atoms with van der Waals surface area (Å²) in [5, 5.41) is 6.02. The maximum Gasteiger partial charge on any atom is 0.160 e. The molecule has 3 aromatic heterocycles. The number of nitrogens with one attached hydrogen (secondary N) is 1. The fraction of sp³-hybridized carbons (Fsp3) is 0.381. The normalized spacial score (nSPS) is 24.1. The third kappa shape index (κ3) is 2.57. The number of nitrogens with two attached hydrogens (primary N) is 1. The van der Waals surface area contributed by atoms with Gasteiger partial charge in [-0.2, -0.15) is 5.10 Å². The van der Waals surface area contributed by atoms with Crippen molar-refractivity contribution in [2.45, 2.75) is 43.8 Å². The molecule has 4 aromatic rings. The van der Waals surface area contributed by atoms with Gasteiger partial charge in [-0.25, -0.2) is 9.97 Å². The summed E-state index contributed by atoms with van der Waals surface area (Å²) in [5.41, 5.74) is 10.5. The number of fused-ring (bicyclic) bond motifs is 4. The van der Waals surface area contributed by atoms with Gasteiger partial charge in [-0.15, -0.1) is 0 Å². The van der Waals surface area contributed by atoms with Crippen LogP contribution in [-0.4, -0.2) is 42.9 Å². The Kier molecular flexibility index (Phi) is 3.67. The van der Waals surface area contributed by atoms with E-state index < -0.39 is 0 Å². The lowest BCUT2D eigenvalue weighted by molar-refractivity contribution is 0.412. The summed E-state index contributed by atoms with van der Waals surface area (Å²) in [6.07, 6.45) is 11.4. The van der Waals surface area contributed by atoms with Crippen molar-refractivity contribution in [3.63, 3.8) is 0 Å². The summed E-state index contributed by atoms with van der Waals surface area (Å²) >= 11 is 6.71. The second-order valence-electron chi connectivity index (χ2n) is 8.25. The van der Waals surface area contributed by atoms with Crippen LogP contribution in [0.4, 0.5) is 5.82 Å². The lowest BCUT2D eigenvalue weighted by Gasteiger charge is -2.38. The first kappa shape index (κ1) is 17.2. The van der Waals surface area contributed by atoms with Gasteiger partial charge in [0.15, 0.2) is 11.5 Å². The summed E-state index contributed by atoms with van der Waals surface area (Å²) in [6, 6.07) is 5.16. The van der Waals surface area contributed by atoms with Crippen molar-refractivity contribution in [3.8, 4) is 11.1 Å². The number of piperidine rings is 1. The van der Waals surface area contributed by atoms with E-state index in [1.807, 2.05) is 31.6 Å². The Balaban J connectivity index is 1.42. The van der Waals surface area contributed by atoms with Crippen molar-refractivity contribution < 1.29 is 0 Å². The van der Waals surface area contributed by atoms with E-state index in [4.69, 9.17) is 22.3 Å². The van der Waals surface area contributed by atoms with E-state index in [0.717, 1.165) is 51.9 Å². The van der Waals surface area contributed by atoms with E-state index in [1.165, 1.54) is 12.8 Å². The highest BCUT2D eigenvalue weighted by Gasteiger charge is 2.40. The molecule has 29 heavy (non-hydrogen) atoms. The van der Waals surface area contributed by atoms with Crippen molar-refractivity contribution in [1.82, 2.24) is 24.7 Å². The van der Waals surface area contributed by atoms with E-state index in [-0.39, 0.29) is 0 Å². The highest BCUT2D eigenvalue weighted by molar-refractivity contribution is 6.38. The van der Waals surface area contributed by atoms with E-state index >= 15 is 0 Å². The summed E-state index contributed by atoms with van der Waals surface area (Å²) in [6.45, 7) is 0. The molecule has 0 spiro atoms. The van der Waals surface area contributed by atoms with E-state index in [0.29, 0.717) is 23.1 Å². The van der Waals surface area contributed by atoms with Crippen LogP contribution in [-0.2, 0) is 7.05 Å². The van der Waals surface area contributed by atoms with E-state index in [1.54, 1.807) is 4.68 Å². The van der Waals surface area contributed by atoms with Crippen LogP contribution in [0.2, 0.25) is 5.02 Å². The monoisotopic (exact) mass is 406 g/mol. The lowest BCUT2D eigenvalue weighted by atomic mass is 9.98. The van der Waals surface area contributed by atoms with Crippen LogP contribution < -0.4 is 10.6 Å². The number of hydrogen-bond acceptors (Lipinski definition) is 5. The van der Waals surface area contributed by atoms with E-state index in [2.05, 4.69) is 26.2 Å². The summed E-state index contributed by atoms with van der Waals surface area (Å²) in [4.78, 5) is 15.2. The standard InChI is InChI=1S/C21H21ClN7/c1-28-10-16-17(27-28)5-4-14(19(16)22)15-8-25-21-20(15)24-9-18(26-21)29-12-2-3-13(29)7-11(23)6-12/h4-5,8,10-13H,2-3,6-7,23H2,1H3,(H,25,26). The van der Waals surface area contributed by atoms with Gasteiger partial charge < -0.3 is 15.6 Å². The van der Waals surface area contributed by atoms with Crippen LogP contribution in [0.25, 0.3) is 33.2 Å². The largest absolute Gasteiger partial charge is 0.349 e. The SMILES string of the molecule is Cn1cc2c(Cl)c(-c3c[nH]c4nc(N5C6CCC5CC(N)C6)[c]nc34)ccc2n1. The smallest absolute Gasteiger partial charge is 0.160 e. The molecule has 2 aliphatic rings. The minimum atomic E-state index is 0.294. The molecule has 0 saturated carbocycles. The van der Waals surface area contributed by atoms with Gasteiger partial charge in [0.1, 0.15) is 11.7 Å². The third-order valence-electron chi connectivity index (χ3n) is 6.36. The lowest BCUT2D eigenvalue weighted by Crippen LogP contribution is -2.48. The Labute approximate surface area is 172 Å². The third-order valence-corrected chi connectivity index (χ3v) is 6.77.